The smallest absolute Gasteiger partial charge is 0.320 e. The molecule has 6 N–H and O–H groups in total. The minimum absolute atomic E-state index is 0.0231. The molecule has 0 aromatic heterocycles. The molecule has 0 aliphatic rings. The molecule has 0 saturated carbocycles. The first kappa shape index (κ1) is 15.6. The molecule has 7 nitrogen and oxygen atoms in total. The number of hydrogen-bond donors (Lipinski definition) is 4. The molecule has 0 spiro atoms. The van der Waals surface area contributed by atoms with Gasteiger partial charge in [0.25, 0.3) is 0 Å². The minimum Gasteiger partial charge on any atom is -0.481 e. The molecule has 86 valence electrons. The monoisotopic (exact) mass is 218 g/mol. The van der Waals surface area contributed by atoms with E-state index in [1.165, 1.54) is 0 Å². The molecular weight excluding hydrogens is 204 g/mol. The highest BCUT2D eigenvalue weighted by atomic mass is 16.4. The number of amides is 1. The highest BCUT2D eigenvalue weighted by Gasteiger charge is 2.12. The van der Waals surface area contributed by atoms with Crippen LogP contribution in [0.5, 0.6) is 0 Å². The first-order valence-electron chi connectivity index (χ1n) is 3.93. The van der Waals surface area contributed by atoms with Crippen LogP contribution in [0.15, 0.2) is 12.7 Å². The van der Waals surface area contributed by atoms with E-state index in [2.05, 4.69) is 12.3 Å². The van der Waals surface area contributed by atoms with Gasteiger partial charge in [0.15, 0.2) is 0 Å². The van der Waals surface area contributed by atoms with E-state index < -0.39 is 23.9 Å². The van der Waals surface area contributed by atoms with E-state index in [-0.39, 0.29) is 12.8 Å². The van der Waals surface area contributed by atoms with Gasteiger partial charge in [-0.3, -0.25) is 14.4 Å². The summed E-state index contributed by atoms with van der Waals surface area (Å²) in [6, 6.07) is -1.06. The van der Waals surface area contributed by atoms with Crippen molar-refractivity contribution in [2.75, 3.05) is 0 Å². The average Bonchev–Trinajstić information content (AvgIpc) is 2.14. The average molecular weight is 218 g/mol. The third-order valence-electron chi connectivity index (χ3n) is 1.19. The summed E-state index contributed by atoms with van der Waals surface area (Å²) in [5.41, 5.74) is 9.54. The number of carbonyl (C=O) groups excluding carboxylic acids is 1. The van der Waals surface area contributed by atoms with Crippen LogP contribution in [-0.2, 0) is 14.4 Å². The van der Waals surface area contributed by atoms with Gasteiger partial charge in [-0.05, 0) is 12.5 Å². The number of carboxylic acid groups (broad SMARTS) is 2. The zero-order valence-corrected chi connectivity index (χ0v) is 8.05. The molecule has 15 heavy (non-hydrogen) atoms. The number of hydrogen-bond acceptors (Lipinski definition) is 4. The van der Waals surface area contributed by atoms with Crippen molar-refractivity contribution in [3.63, 3.8) is 0 Å². The van der Waals surface area contributed by atoms with Crippen LogP contribution in [0.4, 0.5) is 0 Å². The van der Waals surface area contributed by atoms with Crippen LogP contribution >= 0.6 is 0 Å². The zero-order chi connectivity index (χ0) is 12.4. The lowest BCUT2D eigenvalue weighted by molar-refractivity contribution is -0.139. The lowest BCUT2D eigenvalue weighted by atomic mass is 10.2. The standard InChI is InChI=1S/C5H9NO4.C3H5NO/c6-3(5(9)10)1-2-4(7)8;1-2-3(4)5/h3H,1-2,6H2,(H,7,8)(H,9,10);2H,1H2,(H2,4,5). The van der Waals surface area contributed by atoms with Crippen LogP contribution in [0.25, 0.3) is 0 Å². The molecule has 0 heterocycles. The quantitative estimate of drug-likeness (QED) is 0.432. The Morgan fingerprint density at radius 1 is 1.33 bits per heavy atom. The number of aliphatic carboxylic acids is 2. The van der Waals surface area contributed by atoms with E-state index >= 15 is 0 Å². The Kier molecular flexibility index (Phi) is 9.03. The van der Waals surface area contributed by atoms with Crippen molar-refractivity contribution in [3.8, 4) is 0 Å². The Morgan fingerprint density at radius 3 is 1.93 bits per heavy atom. The van der Waals surface area contributed by atoms with Gasteiger partial charge in [-0.25, -0.2) is 0 Å². The number of carbonyl (C=O) groups is 3. The molecule has 0 fully saturated rings. The summed E-state index contributed by atoms with van der Waals surface area (Å²) in [5.74, 6) is -2.68. The summed E-state index contributed by atoms with van der Waals surface area (Å²) < 4.78 is 0. The van der Waals surface area contributed by atoms with Gasteiger partial charge in [0.1, 0.15) is 6.04 Å². The molecule has 0 rings (SSSR count). The predicted molar refractivity (Wildman–Crippen MR) is 51.9 cm³/mol. The highest BCUT2D eigenvalue weighted by molar-refractivity contribution is 5.84. The van der Waals surface area contributed by atoms with Crippen molar-refractivity contribution in [2.45, 2.75) is 18.9 Å². The number of nitrogens with two attached hydrogens (primary N) is 2. The third kappa shape index (κ3) is 14.9. The van der Waals surface area contributed by atoms with E-state index in [1.54, 1.807) is 0 Å². The second-order valence-electron chi connectivity index (χ2n) is 2.48. The van der Waals surface area contributed by atoms with Crippen LogP contribution in [-0.4, -0.2) is 34.1 Å². The summed E-state index contributed by atoms with van der Waals surface area (Å²) in [6.07, 6.45) is 0.831. The Bertz CT molecular complexity index is 251. The fraction of sp³-hybridized carbons (Fsp3) is 0.375. The van der Waals surface area contributed by atoms with Crippen LogP contribution in [0, 0.1) is 0 Å². The first-order chi connectivity index (χ1) is 6.81. The van der Waals surface area contributed by atoms with Crippen LogP contribution in [0.3, 0.4) is 0 Å². The van der Waals surface area contributed by atoms with Crippen molar-refractivity contribution in [1.29, 1.82) is 0 Å². The summed E-state index contributed by atoms with van der Waals surface area (Å²) in [4.78, 5) is 29.3. The number of carboxylic acids is 2. The molecule has 0 aliphatic heterocycles. The second kappa shape index (κ2) is 8.70. The first-order valence-corrected chi connectivity index (χ1v) is 3.93. The highest BCUT2D eigenvalue weighted by Crippen LogP contribution is 1.93. The fourth-order valence-corrected chi connectivity index (χ4v) is 0.402. The molecule has 1 amide bonds. The minimum atomic E-state index is -1.17. The van der Waals surface area contributed by atoms with E-state index in [4.69, 9.17) is 15.9 Å². The lowest BCUT2D eigenvalue weighted by Gasteiger charge is -2.01. The SMILES string of the molecule is C=CC(N)=O.NC(CCC(=O)O)C(=O)O. The van der Waals surface area contributed by atoms with Crippen molar-refractivity contribution in [1.82, 2.24) is 0 Å². The summed E-state index contributed by atoms with van der Waals surface area (Å²) >= 11 is 0. The molecule has 1 atom stereocenters. The molecule has 0 saturated heterocycles. The summed E-state index contributed by atoms with van der Waals surface area (Å²) in [7, 11) is 0. The van der Waals surface area contributed by atoms with Crippen LogP contribution in [0.1, 0.15) is 12.8 Å². The normalized spacial score (nSPS) is 10.5. The number of rotatable bonds is 5. The van der Waals surface area contributed by atoms with Gasteiger partial charge in [-0.2, -0.15) is 0 Å². The van der Waals surface area contributed by atoms with Crippen LogP contribution in [0.2, 0.25) is 0 Å². The maximum atomic E-state index is 9.99. The van der Waals surface area contributed by atoms with Gasteiger partial charge in [0.05, 0.1) is 0 Å². The van der Waals surface area contributed by atoms with E-state index in [0.717, 1.165) is 6.08 Å². The zero-order valence-electron chi connectivity index (χ0n) is 8.05. The second-order valence-corrected chi connectivity index (χ2v) is 2.48. The fourth-order valence-electron chi connectivity index (χ4n) is 0.402. The van der Waals surface area contributed by atoms with E-state index in [1.807, 2.05) is 0 Å². The number of primary amides is 1. The molecule has 0 aliphatic carbocycles. The molecule has 1 unspecified atom stereocenters. The molecule has 7 heteroatoms. The summed E-state index contributed by atoms with van der Waals surface area (Å²) in [5, 5.41) is 16.3. The van der Waals surface area contributed by atoms with Gasteiger partial charge in [-0.1, -0.05) is 6.58 Å². The van der Waals surface area contributed by atoms with E-state index in [0.29, 0.717) is 0 Å². The van der Waals surface area contributed by atoms with Gasteiger partial charge >= 0.3 is 11.9 Å². The van der Waals surface area contributed by atoms with Crippen LogP contribution < -0.4 is 11.5 Å². The predicted octanol–water partition coefficient (Wildman–Crippen LogP) is -1.08. The van der Waals surface area contributed by atoms with E-state index in [9.17, 15) is 14.4 Å². The largest absolute Gasteiger partial charge is 0.481 e. The molecule has 0 radical (unpaired) electrons. The molecule has 0 bridgehead atoms. The Labute approximate surface area is 86.4 Å². The van der Waals surface area contributed by atoms with Crippen molar-refractivity contribution in [2.24, 2.45) is 11.5 Å². The Balaban J connectivity index is 0. The maximum absolute atomic E-state index is 9.99. The Morgan fingerprint density at radius 2 is 1.73 bits per heavy atom. The molecular formula is C8H14N2O5. The van der Waals surface area contributed by atoms with Gasteiger partial charge in [-0.15, -0.1) is 0 Å². The van der Waals surface area contributed by atoms with Crippen molar-refractivity contribution < 1.29 is 24.6 Å². The third-order valence-corrected chi connectivity index (χ3v) is 1.19. The maximum Gasteiger partial charge on any atom is 0.320 e. The van der Waals surface area contributed by atoms with Gasteiger partial charge in [0, 0.05) is 6.42 Å². The van der Waals surface area contributed by atoms with Gasteiger partial charge < -0.3 is 21.7 Å². The molecule has 0 aromatic rings. The van der Waals surface area contributed by atoms with Gasteiger partial charge in [0.2, 0.25) is 5.91 Å². The lowest BCUT2D eigenvalue weighted by Crippen LogP contribution is -2.30. The molecule has 0 aromatic carbocycles. The van der Waals surface area contributed by atoms with Crippen molar-refractivity contribution >= 4 is 17.8 Å². The van der Waals surface area contributed by atoms with Crippen molar-refractivity contribution in [3.05, 3.63) is 12.7 Å². The Hall–Kier alpha value is -1.89. The topological polar surface area (TPSA) is 144 Å². The summed E-state index contributed by atoms with van der Waals surface area (Å²) in [6.45, 7) is 3.09.